The topological polar surface area (TPSA) is 40.5 Å². The molecule has 0 aliphatic heterocycles. The molecule has 2 N–H and O–H groups in total. The van der Waals surface area contributed by atoms with Gasteiger partial charge in [-0.3, -0.25) is 0 Å². The van der Waals surface area contributed by atoms with Gasteiger partial charge in [-0.05, 0) is 47.5 Å². The summed E-state index contributed by atoms with van der Waals surface area (Å²) in [6.45, 7) is 8.99. The minimum atomic E-state index is -1.04. The summed E-state index contributed by atoms with van der Waals surface area (Å²) in [5.41, 5.74) is -0.812. The molecule has 0 heterocycles. The fraction of sp³-hybridized carbons (Fsp3) is 0.818. The normalized spacial score (nSPS) is 16.5. The molecule has 1 unspecified atom stereocenters. The SMILES string of the molecule is CC(C)=CCCC(C)(O)C(C)(C)O. The highest BCUT2D eigenvalue weighted by Gasteiger charge is 2.36. The highest BCUT2D eigenvalue weighted by molar-refractivity contribution is 4.97. The van der Waals surface area contributed by atoms with Crippen LogP contribution in [0.25, 0.3) is 0 Å². The van der Waals surface area contributed by atoms with Crippen LogP contribution in [-0.2, 0) is 0 Å². The summed E-state index contributed by atoms with van der Waals surface area (Å²) in [7, 11) is 0. The maximum Gasteiger partial charge on any atom is 0.0902 e. The van der Waals surface area contributed by atoms with Gasteiger partial charge in [-0.25, -0.2) is 0 Å². The summed E-state index contributed by atoms with van der Waals surface area (Å²) < 4.78 is 0. The number of allylic oxidation sites excluding steroid dienone is 2. The summed E-state index contributed by atoms with van der Waals surface area (Å²) in [4.78, 5) is 0. The van der Waals surface area contributed by atoms with Gasteiger partial charge in [-0.1, -0.05) is 11.6 Å². The van der Waals surface area contributed by atoms with Crippen molar-refractivity contribution in [2.45, 2.75) is 58.7 Å². The van der Waals surface area contributed by atoms with Gasteiger partial charge < -0.3 is 10.2 Å². The van der Waals surface area contributed by atoms with E-state index in [1.54, 1.807) is 20.8 Å². The smallest absolute Gasteiger partial charge is 0.0902 e. The van der Waals surface area contributed by atoms with E-state index in [1.165, 1.54) is 5.57 Å². The van der Waals surface area contributed by atoms with Crippen LogP contribution in [0.5, 0.6) is 0 Å². The minimum absolute atomic E-state index is 0.585. The fourth-order valence-electron chi connectivity index (χ4n) is 0.948. The molecule has 0 spiro atoms. The molecule has 0 saturated carbocycles. The van der Waals surface area contributed by atoms with Crippen molar-refractivity contribution in [1.29, 1.82) is 0 Å². The first kappa shape index (κ1) is 12.7. The van der Waals surface area contributed by atoms with Gasteiger partial charge in [0.1, 0.15) is 0 Å². The lowest BCUT2D eigenvalue weighted by Crippen LogP contribution is -2.47. The predicted octanol–water partition coefficient (Wildman–Crippen LogP) is 2.25. The molecule has 0 aromatic carbocycles. The number of rotatable bonds is 4. The van der Waals surface area contributed by atoms with E-state index in [9.17, 15) is 10.2 Å². The Bertz CT molecular complexity index is 181. The Kier molecular flexibility index (Phi) is 4.14. The highest BCUT2D eigenvalue weighted by atomic mass is 16.3. The third kappa shape index (κ3) is 4.44. The van der Waals surface area contributed by atoms with Gasteiger partial charge in [0.25, 0.3) is 0 Å². The second-order valence-corrected chi connectivity index (χ2v) is 4.65. The molecule has 13 heavy (non-hydrogen) atoms. The maximum atomic E-state index is 9.88. The molecule has 0 rings (SSSR count). The lowest BCUT2D eigenvalue weighted by Gasteiger charge is -2.35. The Hall–Kier alpha value is -0.340. The summed E-state index contributed by atoms with van der Waals surface area (Å²) >= 11 is 0. The highest BCUT2D eigenvalue weighted by Crippen LogP contribution is 2.26. The third-order valence-corrected chi connectivity index (χ3v) is 2.50. The van der Waals surface area contributed by atoms with Gasteiger partial charge in [0.2, 0.25) is 0 Å². The van der Waals surface area contributed by atoms with Gasteiger partial charge >= 0.3 is 0 Å². The van der Waals surface area contributed by atoms with Crippen molar-refractivity contribution in [3.63, 3.8) is 0 Å². The van der Waals surface area contributed by atoms with Crippen LogP contribution in [0.3, 0.4) is 0 Å². The molecule has 0 aliphatic rings. The molecule has 0 aliphatic carbocycles. The third-order valence-electron chi connectivity index (χ3n) is 2.50. The Morgan fingerprint density at radius 1 is 1.15 bits per heavy atom. The van der Waals surface area contributed by atoms with Crippen molar-refractivity contribution >= 4 is 0 Å². The lowest BCUT2D eigenvalue weighted by molar-refractivity contribution is -0.123. The zero-order chi connectivity index (χ0) is 10.7. The lowest BCUT2D eigenvalue weighted by atomic mass is 9.84. The largest absolute Gasteiger partial charge is 0.387 e. The van der Waals surface area contributed by atoms with Gasteiger partial charge in [0, 0.05) is 0 Å². The predicted molar refractivity (Wildman–Crippen MR) is 55.6 cm³/mol. The van der Waals surface area contributed by atoms with Crippen LogP contribution in [0.15, 0.2) is 11.6 Å². The van der Waals surface area contributed by atoms with Crippen LogP contribution in [-0.4, -0.2) is 21.4 Å². The second-order valence-electron chi connectivity index (χ2n) is 4.65. The van der Waals surface area contributed by atoms with E-state index in [2.05, 4.69) is 6.08 Å². The molecule has 0 fully saturated rings. The standard InChI is InChI=1S/C11H22O2/c1-9(2)7-6-8-11(5,13)10(3,4)12/h7,12-13H,6,8H2,1-5H3. The van der Waals surface area contributed by atoms with E-state index in [0.717, 1.165) is 6.42 Å². The van der Waals surface area contributed by atoms with E-state index in [4.69, 9.17) is 0 Å². The number of hydrogen-bond donors (Lipinski definition) is 2. The molecule has 0 saturated heterocycles. The van der Waals surface area contributed by atoms with Crippen LogP contribution in [0.2, 0.25) is 0 Å². The van der Waals surface area contributed by atoms with Crippen molar-refractivity contribution in [2.24, 2.45) is 0 Å². The molecule has 0 bridgehead atoms. The Balaban J connectivity index is 4.12. The number of hydrogen-bond acceptors (Lipinski definition) is 2. The molecule has 0 aromatic rings. The Morgan fingerprint density at radius 2 is 1.62 bits per heavy atom. The van der Waals surface area contributed by atoms with E-state index in [0.29, 0.717) is 6.42 Å². The molecular formula is C11H22O2. The van der Waals surface area contributed by atoms with Crippen LogP contribution >= 0.6 is 0 Å². The molecule has 0 amide bonds. The van der Waals surface area contributed by atoms with Crippen molar-refractivity contribution in [1.82, 2.24) is 0 Å². The first-order valence-corrected chi connectivity index (χ1v) is 4.75. The maximum absolute atomic E-state index is 9.88. The van der Waals surface area contributed by atoms with E-state index in [-0.39, 0.29) is 0 Å². The number of aliphatic hydroxyl groups is 2. The van der Waals surface area contributed by atoms with Crippen molar-refractivity contribution in [3.8, 4) is 0 Å². The zero-order valence-electron chi connectivity index (χ0n) is 9.39. The summed E-state index contributed by atoms with van der Waals surface area (Å²) in [6, 6.07) is 0. The molecular weight excluding hydrogens is 164 g/mol. The van der Waals surface area contributed by atoms with Crippen LogP contribution in [0.1, 0.15) is 47.5 Å². The first-order valence-electron chi connectivity index (χ1n) is 4.75. The molecule has 2 heteroatoms. The second kappa shape index (κ2) is 4.25. The van der Waals surface area contributed by atoms with Crippen LogP contribution in [0, 0.1) is 0 Å². The zero-order valence-corrected chi connectivity index (χ0v) is 9.39. The van der Waals surface area contributed by atoms with Crippen LogP contribution in [0.4, 0.5) is 0 Å². The van der Waals surface area contributed by atoms with Crippen molar-refractivity contribution in [2.75, 3.05) is 0 Å². The van der Waals surface area contributed by atoms with Gasteiger partial charge in [-0.2, -0.15) is 0 Å². The van der Waals surface area contributed by atoms with Gasteiger partial charge in [-0.15, -0.1) is 0 Å². The van der Waals surface area contributed by atoms with Gasteiger partial charge in [0.15, 0.2) is 0 Å². The molecule has 1 atom stereocenters. The average Bonchev–Trinajstić information content (AvgIpc) is 1.82. The summed E-state index contributed by atoms with van der Waals surface area (Å²) in [6.07, 6.45) is 3.46. The van der Waals surface area contributed by atoms with E-state index < -0.39 is 11.2 Å². The van der Waals surface area contributed by atoms with Crippen molar-refractivity contribution in [3.05, 3.63) is 11.6 Å². The minimum Gasteiger partial charge on any atom is -0.387 e. The van der Waals surface area contributed by atoms with Gasteiger partial charge in [0.05, 0.1) is 11.2 Å². The molecule has 2 nitrogen and oxygen atoms in total. The summed E-state index contributed by atoms with van der Waals surface area (Å²) in [5, 5.41) is 19.5. The quantitative estimate of drug-likeness (QED) is 0.661. The van der Waals surface area contributed by atoms with Crippen molar-refractivity contribution < 1.29 is 10.2 Å². The monoisotopic (exact) mass is 186 g/mol. The summed E-state index contributed by atoms with van der Waals surface area (Å²) in [5.74, 6) is 0. The fourth-order valence-corrected chi connectivity index (χ4v) is 0.948. The Morgan fingerprint density at radius 3 is 1.92 bits per heavy atom. The van der Waals surface area contributed by atoms with Crippen LogP contribution < -0.4 is 0 Å². The average molecular weight is 186 g/mol. The Labute approximate surface area is 81.3 Å². The first-order chi connectivity index (χ1) is 5.67. The van der Waals surface area contributed by atoms with E-state index >= 15 is 0 Å². The molecule has 0 radical (unpaired) electrons. The van der Waals surface area contributed by atoms with E-state index in [1.807, 2.05) is 13.8 Å². The molecule has 78 valence electrons. The molecule has 0 aromatic heterocycles.